The maximum Gasteiger partial charge on any atom is 0.240 e. The van der Waals surface area contributed by atoms with Gasteiger partial charge in [-0.15, -0.1) is 0 Å². The summed E-state index contributed by atoms with van der Waals surface area (Å²) in [5.41, 5.74) is 0. The van der Waals surface area contributed by atoms with Gasteiger partial charge in [-0.2, -0.15) is 0 Å². The molecule has 136 valence electrons. The van der Waals surface area contributed by atoms with Crippen LogP contribution in [0.3, 0.4) is 0 Å². The minimum Gasteiger partial charge on any atom is -0.497 e. The number of methoxy groups -OCH3 is 1. The van der Waals surface area contributed by atoms with Gasteiger partial charge in [0.05, 0.1) is 18.0 Å². The largest absolute Gasteiger partial charge is 0.497 e. The molecule has 0 aliphatic carbocycles. The lowest BCUT2D eigenvalue weighted by atomic mass is 10.1. The quantitative estimate of drug-likeness (QED) is 0.689. The van der Waals surface area contributed by atoms with Gasteiger partial charge in [0, 0.05) is 0 Å². The third-order valence-corrected chi connectivity index (χ3v) is 5.53. The van der Waals surface area contributed by atoms with Crippen LogP contribution in [0.1, 0.15) is 6.92 Å². The van der Waals surface area contributed by atoms with Crippen LogP contribution in [-0.4, -0.2) is 28.2 Å². The summed E-state index contributed by atoms with van der Waals surface area (Å²) in [5, 5.41) is 1.89. The van der Waals surface area contributed by atoms with Crippen LogP contribution < -0.4 is 14.2 Å². The van der Waals surface area contributed by atoms with Gasteiger partial charge in [0.25, 0.3) is 0 Å². The molecule has 0 aliphatic heterocycles. The van der Waals surface area contributed by atoms with Gasteiger partial charge in [0.2, 0.25) is 10.0 Å². The molecule has 0 aliphatic rings. The summed E-state index contributed by atoms with van der Waals surface area (Å²) in [4.78, 5) is 0.243. The van der Waals surface area contributed by atoms with Crippen molar-refractivity contribution in [2.45, 2.75) is 17.9 Å². The predicted octanol–water partition coefficient (Wildman–Crippen LogP) is 3.59. The Labute approximate surface area is 153 Å². The smallest absolute Gasteiger partial charge is 0.240 e. The van der Waals surface area contributed by atoms with Crippen LogP contribution in [0.5, 0.6) is 11.5 Å². The Morgan fingerprint density at radius 1 is 0.923 bits per heavy atom. The van der Waals surface area contributed by atoms with Crippen LogP contribution in [0.15, 0.2) is 71.6 Å². The van der Waals surface area contributed by atoms with E-state index in [4.69, 9.17) is 9.47 Å². The third kappa shape index (κ3) is 4.33. The lowest BCUT2D eigenvalue weighted by molar-refractivity contribution is 0.287. The van der Waals surface area contributed by atoms with Crippen LogP contribution >= 0.6 is 0 Å². The molecular formula is C20H21NO4S. The molecule has 0 bridgehead atoms. The van der Waals surface area contributed by atoms with Crippen molar-refractivity contribution in [3.8, 4) is 11.5 Å². The fraction of sp³-hybridized carbons (Fsp3) is 0.200. The Balaban J connectivity index is 1.65. The Morgan fingerprint density at radius 3 is 2.27 bits per heavy atom. The van der Waals surface area contributed by atoms with Crippen LogP contribution in [0.25, 0.3) is 10.8 Å². The highest BCUT2D eigenvalue weighted by Crippen LogP contribution is 2.20. The average Bonchev–Trinajstić information content (AvgIpc) is 2.66. The normalized spacial score (nSPS) is 12.7. The summed E-state index contributed by atoms with van der Waals surface area (Å²) in [6, 6.07) is 19.5. The van der Waals surface area contributed by atoms with Gasteiger partial charge in [-0.25, -0.2) is 13.1 Å². The lowest BCUT2D eigenvalue weighted by Gasteiger charge is -2.16. The van der Waals surface area contributed by atoms with E-state index >= 15 is 0 Å². The number of hydrogen-bond donors (Lipinski definition) is 1. The first-order chi connectivity index (χ1) is 12.5. The second kappa shape index (κ2) is 7.76. The first-order valence-electron chi connectivity index (χ1n) is 8.26. The molecule has 0 radical (unpaired) electrons. The average molecular weight is 371 g/mol. The second-order valence-corrected chi connectivity index (χ2v) is 7.73. The molecule has 26 heavy (non-hydrogen) atoms. The first-order valence-corrected chi connectivity index (χ1v) is 9.74. The van der Waals surface area contributed by atoms with E-state index in [2.05, 4.69) is 4.72 Å². The van der Waals surface area contributed by atoms with Gasteiger partial charge in [0.1, 0.15) is 18.1 Å². The molecule has 0 fully saturated rings. The van der Waals surface area contributed by atoms with Crippen LogP contribution in [0, 0.1) is 0 Å². The van der Waals surface area contributed by atoms with Gasteiger partial charge in [-0.1, -0.05) is 30.3 Å². The molecule has 1 atom stereocenters. The fourth-order valence-electron chi connectivity index (χ4n) is 2.59. The van der Waals surface area contributed by atoms with Crippen molar-refractivity contribution in [2.24, 2.45) is 0 Å². The third-order valence-electron chi connectivity index (χ3n) is 3.95. The summed E-state index contributed by atoms with van der Waals surface area (Å²) in [5.74, 6) is 1.39. The van der Waals surface area contributed by atoms with Crippen molar-refractivity contribution in [1.29, 1.82) is 0 Å². The molecule has 0 spiro atoms. The SMILES string of the molecule is COc1ccc(OC[C@H](C)NS(=O)(=O)c2ccc3ccccc3c2)cc1. The zero-order valence-corrected chi connectivity index (χ0v) is 15.5. The van der Waals surface area contributed by atoms with Gasteiger partial charge in [-0.05, 0) is 54.1 Å². The van der Waals surface area contributed by atoms with Crippen molar-refractivity contribution >= 4 is 20.8 Å². The van der Waals surface area contributed by atoms with E-state index < -0.39 is 10.0 Å². The summed E-state index contributed by atoms with van der Waals surface area (Å²) < 4.78 is 38.6. The standard InChI is InChI=1S/C20H21NO4S/c1-15(14-25-19-10-8-18(24-2)9-11-19)21-26(22,23)20-12-7-16-5-3-4-6-17(16)13-20/h3-13,15,21H,14H2,1-2H3/t15-/m0/s1. The zero-order valence-electron chi connectivity index (χ0n) is 14.7. The molecule has 0 heterocycles. The monoisotopic (exact) mass is 371 g/mol. The molecule has 0 saturated carbocycles. The Bertz CT molecular complexity index is 984. The molecule has 0 aromatic heterocycles. The topological polar surface area (TPSA) is 64.6 Å². The summed E-state index contributed by atoms with van der Waals surface area (Å²) >= 11 is 0. The van der Waals surface area contributed by atoms with E-state index in [1.54, 1.807) is 50.4 Å². The van der Waals surface area contributed by atoms with Crippen molar-refractivity contribution in [3.63, 3.8) is 0 Å². The number of hydrogen-bond acceptors (Lipinski definition) is 4. The van der Waals surface area contributed by atoms with E-state index in [0.717, 1.165) is 16.5 Å². The molecule has 3 aromatic carbocycles. The lowest BCUT2D eigenvalue weighted by Crippen LogP contribution is -2.36. The maximum atomic E-state index is 12.6. The Hall–Kier alpha value is -2.57. The van der Waals surface area contributed by atoms with Crippen LogP contribution in [-0.2, 0) is 10.0 Å². The molecule has 0 unspecified atom stereocenters. The fourth-order valence-corrected chi connectivity index (χ4v) is 3.86. The van der Waals surface area contributed by atoms with E-state index in [-0.39, 0.29) is 17.5 Å². The van der Waals surface area contributed by atoms with E-state index in [9.17, 15) is 8.42 Å². The van der Waals surface area contributed by atoms with E-state index in [1.165, 1.54) is 0 Å². The summed E-state index contributed by atoms with van der Waals surface area (Å²) in [6.07, 6.45) is 0. The molecule has 5 nitrogen and oxygen atoms in total. The summed E-state index contributed by atoms with van der Waals surface area (Å²) in [7, 11) is -2.02. The van der Waals surface area contributed by atoms with Crippen molar-refractivity contribution in [1.82, 2.24) is 4.72 Å². The number of fused-ring (bicyclic) bond motifs is 1. The highest BCUT2D eigenvalue weighted by Gasteiger charge is 2.18. The van der Waals surface area contributed by atoms with Crippen LogP contribution in [0.4, 0.5) is 0 Å². The molecule has 0 saturated heterocycles. The van der Waals surface area contributed by atoms with Gasteiger partial charge >= 0.3 is 0 Å². The number of ether oxygens (including phenoxy) is 2. The number of sulfonamides is 1. The molecule has 3 aromatic rings. The summed E-state index contributed by atoms with van der Waals surface area (Å²) in [6.45, 7) is 1.99. The molecule has 1 N–H and O–H groups in total. The van der Waals surface area contributed by atoms with E-state index in [1.807, 2.05) is 30.3 Å². The molecule has 3 rings (SSSR count). The number of rotatable bonds is 7. The molecular weight excluding hydrogens is 350 g/mol. The van der Waals surface area contributed by atoms with E-state index in [0.29, 0.717) is 5.75 Å². The Morgan fingerprint density at radius 2 is 1.58 bits per heavy atom. The minimum atomic E-state index is -3.62. The van der Waals surface area contributed by atoms with Crippen LogP contribution in [0.2, 0.25) is 0 Å². The second-order valence-electron chi connectivity index (χ2n) is 6.02. The highest BCUT2D eigenvalue weighted by molar-refractivity contribution is 7.89. The van der Waals surface area contributed by atoms with Crippen molar-refractivity contribution in [3.05, 3.63) is 66.7 Å². The minimum absolute atomic E-state index is 0.221. The Kier molecular flexibility index (Phi) is 5.44. The maximum absolute atomic E-state index is 12.6. The molecule has 6 heteroatoms. The zero-order chi connectivity index (χ0) is 18.6. The van der Waals surface area contributed by atoms with Gasteiger partial charge in [0.15, 0.2) is 0 Å². The van der Waals surface area contributed by atoms with Crippen molar-refractivity contribution < 1.29 is 17.9 Å². The number of benzene rings is 3. The van der Waals surface area contributed by atoms with Crippen molar-refractivity contribution in [2.75, 3.05) is 13.7 Å². The highest BCUT2D eigenvalue weighted by atomic mass is 32.2. The van der Waals surface area contributed by atoms with Gasteiger partial charge in [-0.3, -0.25) is 0 Å². The molecule has 0 amide bonds. The van der Waals surface area contributed by atoms with Gasteiger partial charge < -0.3 is 9.47 Å². The number of nitrogens with one attached hydrogen (secondary N) is 1. The predicted molar refractivity (Wildman–Crippen MR) is 102 cm³/mol. The first kappa shape index (κ1) is 18.2.